The summed E-state index contributed by atoms with van der Waals surface area (Å²) in [5.41, 5.74) is 5.09. The summed E-state index contributed by atoms with van der Waals surface area (Å²) in [5, 5.41) is 20.5. The van der Waals surface area contributed by atoms with Crippen LogP contribution in [0.3, 0.4) is 0 Å². The van der Waals surface area contributed by atoms with Crippen molar-refractivity contribution in [2.45, 2.75) is 32.1 Å². The Hall–Kier alpha value is -1.79. The van der Waals surface area contributed by atoms with E-state index in [0.717, 1.165) is 19.3 Å². The first kappa shape index (κ1) is 15.2. The zero-order valence-electron chi connectivity index (χ0n) is 9.79. The Balaban J connectivity index is 3.27. The second-order valence-electron chi connectivity index (χ2n) is 3.64. The molecule has 17 heavy (non-hydrogen) atoms. The molecule has 6 N–H and O–H groups in total. The number of hydrogen-bond acceptors (Lipinski definition) is 3. The molecule has 0 heterocycles. The Morgan fingerprint density at radius 2 is 1.76 bits per heavy atom. The molecule has 0 fully saturated rings. The number of carbonyl (C=O) groups excluding carboxylic acids is 1. The first-order valence-electron chi connectivity index (χ1n) is 5.58. The fraction of sp³-hybridized carbons (Fsp3) is 0.700. The van der Waals surface area contributed by atoms with E-state index in [0.29, 0.717) is 13.0 Å². The number of carboxylic acids is 1. The summed E-state index contributed by atoms with van der Waals surface area (Å²) in [7, 11) is 0. The first-order chi connectivity index (χ1) is 8.02. The minimum Gasteiger partial charge on any atom is -0.481 e. The van der Waals surface area contributed by atoms with E-state index in [1.54, 1.807) is 0 Å². The lowest BCUT2D eigenvalue weighted by Crippen LogP contribution is -2.30. The molecule has 0 aliphatic carbocycles. The van der Waals surface area contributed by atoms with Gasteiger partial charge in [0.1, 0.15) is 0 Å². The summed E-state index contributed by atoms with van der Waals surface area (Å²) in [4.78, 5) is 21.4. The Labute approximate surface area is 100 Å². The molecule has 0 saturated carbocycles. The van der Waals surface area contributed by atoms with Gasteiger partial charge in [0.05, 0.1) is 6.42 Å². The number of guanidine groups is 1. The van der Waals surface area contributed by atoms with E-state index < -0.39 is 5.97 Å². The number of aliphatic carboxylic acids is 1. The van der Waals surface area contributed by atoms with Gasteiger partial charge >= 0.3 is 5.97 Å². The van der Waals surface area contributed by atoms with Crippen LogP contribution in [0.15, 0.2) is 0 Å². The maximum absolute atomic E-state index is 11.2. The van der Waals surface area contributed by atoms with Crippen molar-refractivity contribution >= 4 is 17.8 Å². The Morgan fingerprint density at radius 3 is 2.35 bits per heavy atom. The molecule has 7 heteroatoms. The average Bonchev–Trinajstić information content (AvgIpc) is 2.22. The summed E-state index contributed by atoms with van der Waals surface area (Å²) in [6, 6.07) is 0. The van der Waals surface area contributed by atoms with E-state index in [2.05, 4.69) is 10.6 Å². The van der Waals surface area contributed by atoms with Crippen LogP contribution < -0.4 is 16.4 Å². The molecule has 0 radical (unpaired) electrons. The van der Waals surface area contributed by atoms with Gasteiger partial charge in [0.25, 0.3) is 0 Å². The van der Waals surface area contributed by atoms with Crippen LogP contribution in [0.1, 0.15) is 32.1 Å². The smallest absolute Gasteiger partial charge is 0.305 e. The van der Waals surface area contributed by atoms with Gasteiger partial charge in [-0.3, -0.25) is 15.0 Å². The largest absolute Gasteiger partial charge is 0.481 e. The highest BCUT2D eigenvalue weighted by Crippen LogP contribution is 1.98. The fourth-order valence-electron chi connectivity index (χ4n) is 1.21. The Bertz CT molecular complexity index is 268. The van der Waals surface area contributed by atoms with Gasteiger partial charge in [-0.05, 0) is 12.8 Å². The maximum atomic E-state index is 11.2. The van der Waals surface area contributed by atoms with Crippen LogP contribution in [0.4, 0.5) is 0 Å². The minimum atomic E-state index is -0.916. The zero-order valence-corrected chi connectivity index (χ0v) is 9.79. The molecule has 7 nitrogen and oxygen atoms in total. The molecule has 1 amide bonds. The van der Waals surface area contributed by atoms with Gasteiger partial charge in [-0.1, -0.05) is 6.42 Å². The van der Waals surface area contributed by atoms with Gasteiger partial charge in [0, 0.05) is 19.5 Å². The highest BCUT2D eigenvalue weighted by Gasteiger charge is 2.02. The number of amides is 1. The molecule has 0 aliphatic heterocycles. The third-order valence-electron chi connectivity index (χ3n) is 2.06. The minimum absolute atomic E-state index is 0.0450. The lowest BCUT2D eigenvalue weighted by Gasteiger charge is -2.04. The molecule has 0 aromatic rings. The zero-order chi connectivity index (χ0) is 13.1. The van der Waals surface area contributed by atoms with Gasteiger partial charge in [0.2, 0.25) is 5.91 Å². The molecule has 0 aromatic carbocycles. The van der Waals surface area contributed by atoms with Crippen LogP contribution in [0, 0.1) is 5.41 Å². The monoisotopic (exact) mass is 244 g/mol. The van der Waals surface area contributed by atoms with E-state index >= 15 is 0 Å². The highest BCUT2D eigenvalue weighted by atomic mass is 16.4. The molecular formula is C10H20N4O3. The number of rotatable bonds is 9. The third kappa shape index (κ3) is 12.1. The fourth-order valence-corrected chi connectivity index (χ4v) is 1.21. The first-order valence-corrected chi connectivity index (χ1v) is 5.58. The summed E-state index contributed by atoms with van der Waals surface area (Å²) in [6.07, 6.45) is 2.82. The second kappa shape index (κ2) is 9.44. The molecule has 0 rings (SSSR count). The van der Waals surface area contributed by atoms with Crippen LogP contribution in [0.25, 0.3) is 0 Å². The van der Waals surface area contributed by atoms with Crippen molar-refractivity contribution in [3.05, 3.63) is 0 Å². The van der Waals surface area contributed by atoms with Crippen molar-refractivity contribution in [1.82, 2.24) is 10.6 Å². The van der Waals surface area contributed by atoms with E-state index in [1.165, 1.54) is 0 Å². The van der Waals surface area contributed by atoms with Crippen molar-refractivity contribution in [3.63, 3.8) is 0 Å². The van der Waals surface area contributed by atoms with E-state index in [-0.39, 0.29) is 24.8 Å². The number of nitrogens with one attached hydrogen (secondary N) is 3. The number of hydrogen-bond donors (Lipinski definition) is 5. The van der Waals surface area contributed by atoms with Gasteiger partial charge < -0.3 is 21.5 Å². The molecule has 0 atom stereocenters. The molecule has 0 spiro atoms. The quantitative estimate of drug-likeness (QED) is 0.214. The van der Waals surface area contributed by atoms with Gasteiger partial charge in [-0.25, -0.2) is 0 Å². The SMILES string of the molecule is N=C(N)NCCCCCC(=O)NCCC(=O)O. The van der Waals surface area contributed by atoms with E-state index in [4.69, 9.17) is 16.2 Å². The number of carboxylic acid groups (broad SMARTS) is 1. The van der Waals surface area contributed by atoms with Crippen molar-refractivity contribution in [2.75, 3.05) is 13.1 Å². The van der Waals surface area contributed by atoms with Crippen molar-refractivity contribution in [1.29, 1.82) is 5.41 Å². The van der Waals surface area contributed by atoms with Gasteiger partial charge in [-0.15, -0.1) is 0 Å². The summed E-state index contributed by atoms with van der Waals surface area (Å²) in [5.74, 6) is -1.08. The van der Waals surface area contributed by atoms with Crippen LogP contribution in [-0.2, 0) is 9.59 Å². The molecule has 0 bridgehead atoms. The summed E-state index contributed by atoms with van der Waals surface area (Å²) < 4.78 is 0. The molecule has 0 unspecified atom stereocenters. The molecule has 0 saturated heterocycles. The summed E-state index contributed by atoms with van der Waals surface area (Å²) in [6.45, 7) is 0.816. The Kier molecular flexibility index (Phi) is 8.44. The lowest BCUT2D eigenvalue weighted by molar-refractivity contribution is -0.136. The van der Waals surface area contributed by atoms with Crippen LogP contribution in [0.5, 0.6) is 0 Å². The van der Waals surface area contributed by atoms with Gasteiger partial charge in [-0.2, -0.15) is 0 Å². The predicted molar refractivity (Wildman–Crippen MR) is 63.6 cm³/mol. The number of carbonyl (C=O) groups is 2. The Morgan fingerprint density at radius 1 is 1.06 bits per heavy atom. The van der Waals surface area contributed by atoms with Crippen LogP contribution in [0.2, 0.25) is 0 Å². The highest BCUT2D eigenvalue weighted by molar-refractivity contribution is 5.76. The standard InChI is InChI=1S/C10H20N4O3/c11-10(12)14-6-3-1-2-4-8(15)13-7-5-9(16)17/h1-7H2,(H,13,15)(H,16,17)(H4,11,12,14). The topological polar surface area (TPSA) is 128 Å². The van der Waals surface area contributed by atoms with E-state index in [9.17, 15) is 9.59 Å². The molecular weight excluding hydrogens is 224 g/mol. The second-order valence-corrected chi connectivity index (χ2v) is 3.64. The van der Waals surface area contributed by atoms with Crippen molar-refractivity contribution in [3.8, 4) is 0 Å². The van der Waals surface area contributed by atoms with Crippen LogP contribution in [-0.4, -0.2) is 36.0 Å². The lowest BCUT2D eigenvalue weighted by atomic mass is 10.2. The predicted octanol–water partition coefficient (Wildman–Crippen LogP) is -0.379. The molecule has 0 aromatic heterocycles. The maximum Gasteiger partial charge on any atom is 0.305 e. The average molecular weight is 244 g/mol. The normalized spacial score (nSPS) is 9.65. The van der Waals surface area contributed by atoms with Crippen molar-refractivity contribution in [2.24, 2.45) is 5.73 Å². The third-order valence-corrected chi connectivity index (χ3v) is 2.06. The number of unbranched alkanes of at least 4 members (excludes halogenated alkanes) is 2. The molecule has 98 valence electrons. The summed E-state index contributed by atoms with van der Waals surface area (Å²) >= 11 is 0. The van der Waals surface area contributed by atoms with Gasteiger partial charge in [0.15, 0.2) is 5.96 Å². The van der Waals surface area contributed by atoms with E-state index in [1.807, 2.05) is 0 Å². The molecule has 0 aliphatic rings. The number of nitrogens with two attached hydrogens (primary N) is 1. The van der Waals surface area contributed by atoms with Crippen LogP contribution >= 0.6 is 0 Å². The van der Waals surface area contributed by atoms with Crippen molar-refractivity contribution < 1.29 is 14.7 Å².